The molecule has 3 heterocycles. The molecule has 1 saturated heterocycles. The van der Waals surface area contributed by atoms with Gasteiger partial charge in [0.1, 0.15) is 0 Å². The molecule has 0 bridgehead atoms. The van der Waals surface area contributed by atoms with Crippen molar-refractivity contribution in [2.24, 2.45) is 0 Å². The molecule has 4 rings (SSSR count). The van der Waals surface area contributed by atoms with Crippen molar-refractivity contribution in [3.63, 3.8) is 0 Å². The maximum atomic E-state index is 11.9. The minimum atomic E-state index is -0.120. The number of hydrogen-bond acceptors (Lipinski definition) is 5. The zero-order valence-corrected chi connectivity index (χ0v) is 14.0. The Morgan fingerprint density at radius 3 is 3.12 bits per heavy atom. The van der Waals surface area contributed by atoms with Gasteiger partial charge in [0, 0.05) is 49.7 Å². The van der Waals surface area contributed by atoms with Crippen LogP contribution in [0.5, 0.6) is 0 Å². The molecule has 6 nitrogen and oxygen atoms in total. The number of H-pyrrole nitrogens is 1. The van der Waals surface area contributed by atoms with E-state index in [0.29, 0.717) is 11.9 Å². The number of piperidine rings is 1. The van der Waals surface area contributed by atoms with Crippen LogP contribution in [0, 0.1) is 0 Å². The smallest absolute Gasteiger partial charge is 0.290 e. The molecule has 1 aliphatic heterocycles. The molecule has 0 amide bonds. The largest absolute Gasteiger partial charge is 0.350 e. The van der Waals surface area contributed by atoms with Gasteiger partial charge in [-0.3, -0.25) is 9.78 Å². The molecule has 1 aliphatic rings. The number of aromatic nitrogens is 3. The summed E-state index contributed by atoms with van der Waals surface area (Å²) in [5.41, 5.74) is 2.14. The van der Waals surface area contributed by atoms with Crippen LogP contribution in [-0.4, -0.2) is 34.1 Å². The number of benzene rings is 1. The van der Waals surface area contributed by atoms with Crippen LogP contribution < -0.4 is 15.8 Å². The van der Waals surface area contributed by atoms with E-state index in [1.54, 1.807) is 12.4 Å². The molecule has 0 aliphatic carbocycles. The number of hydrogen-bond donors (Lipinski definition) is 2. The predicted octanol–water partition coefficient (Wildman–Crippen LogP) is 2.08. The number of nitrogens with zero attached hydrogens (tertiary/aromatic N) is 3. The van der Waals surface area contributed by atoms with E-state index in [-0.39, 0.29) is 5.56 Å². The highest BCUT2D eigenvalue weighted by atomic mass is 16.1. The fourth-order valence-electron chi connectivity index (χ4n) is 3.40. The molecular formula is C19H21N5O. The zero-order chi connectivity index (χ0) is 17.1. The lowest BCUT2D eigenvalue weighted by molar-refractivity contribution is 0.419. The summed E-state index contributed by atoms with van der Waals surface area (Å²) in [5, 5.41) is 4.78. The lowest BCUT2D eigenvalue weighted by atomic mass is 10.0. The SMILES string of the molecule is O=c1[nH]ccnc1N1CCCC(NCc2ccc3ncccc3c2)C1. The third-order valence-corrected chi connectivity index (χ3v) is 4.67. The van der Waals surface area contributed by atoms with E-state index >= 15 is 0 Å². The van der Waals surface area contributed by atoms with Crippen LogP contribution in [0.15, 0.2) is 53.7 Å². The van der Waals surface area contributed by atoms with Crippen molar-refractivity contribution in [2.75, 3.05) is 18.0 Å². The van der Waals surface area contributed by atoms with Gasteiger partial charge in [-0.05, 0) is 36.6 Å². The van der Waals surface area contributed by atoms with Crippen LogP contribution in [0.25, 0.3) is 10.9 Å². The maximum Gasteiger partial charge on any atom is 0.290 e. The quantitative estimate of drug-likeness (QED) is 0.764. The van der Waals surface area contributed by atoms with Crippen LogP contribution >= 0.6 is 0 Å². The Balaban J connectivity index is 1.42. The number of aromatic amines is 1. The minimum Gasteiger partial charge on any atom is -0.350 e. The summed E-state index contributed by atoms with van der Waals surface area (Å²) in [5.74, 6) is 0.519. The van der Waals surface area contributed by atoms with Gasteiger partial charge >= 0.3 is 0 Å². The summed E-state index contributed by atoms with van der Waals surface area (Å²) < 4.78 is 0. The lowest BCUT2D eigenvalue weighted by Crippen LogP contribution is -2.47. The third kappa shape index (κ3) is 3.53. The molecule has 0 spiro atoms. The molecule has 1 unspecified atom stereocenters. The van der Waals surface area contributed by atoms with Gasteiger partial charge in [0.05, 0.1) is 5.52 Å². The molecular weight excluding hydrogens is 314 g/mol. The number of nitrogens with one attached hydrogen (secondary N) is 2. The van der Waals surface area contributed by atoms with E-state index in [9.17, 15) is 4.79 Å². The Morgan fingerprint density at radius 1 is 1.24 bits per heavy atom. The van der Waals surface area contributed by atoms with Crippen LogP contribution in [0.4, 0.5) is 5.82 Å². The first-order valence-electron chi connectivity index (χ1n) is 8.65. The second kappa shape index (κ2) is 7.03. The highest BCUT2D eigenvalue weighted by molar-refractivity contribution is 5.78. The first-order valence-corrected chi connectivity index (χ1v) is 8.65. The molecule has 1 aromatic carbocycles. The average molecular weight is 335 g/mol. The van der Waals surface area contributed by atoms with Gasteiger partial charge in [-0.15, -0.1) is 0 Å². The van der Waals surface area contributed by atoms with E-state index in [1.165, 1.54) is 5.56 Å². The van der Waals surface area contributed by atoms with E-state index < -0.39 is 0 Å². The lowest BCUT2D eigenvalue weighted by Gasteiger charge is -2.33. The summed E-state index contributed by atoms with van der Waals surface area (Å²) in [6.07, 6.45) is 7.18. The summed E-state index contributed by atoms with van der Waals surface area (Å²) >= 11 is 0. The van der Waals surface area contributed by atoms with Crippen molar-refractivity contribution in [3.05, 3.63) is 64.8 Å². The second-order valence-corrected chi connectivity index (χ2v) is 6.44. The minimum absolute atomic E-state index is 0.120. The number of fused-ring (bicyclic) bond motifs is 1. The Hall–Kier alpha value is -2.73. The fourth-order valence-corrected chi connectivity index (χ4v) is 3.40. The highest BCUT2D eigenvalue weighted by Crippen LogP contribution is 2.16. The second-order valence-electron chi connectivity index (χ2n) is 6.44. The van der Waals surface area contributed by atoms with E-state index in [1.807, 2.05) is 12.3 Å². The van der Waals surface area contributed by atoms with Gasteiger partial charge in [-0.25, -0.2) is 4.98 Å². The molecule has 128 valence electrons. The topological polar surface area (TPSA) is 73.9 Å². The monoisotopic (exact) mass is 335 g/mol. The molecule has 1 fully saturated rings. The molecule has 2 aromatic heterocycles. The molecule has 0 radical (unpaired) electrons. The average Bonchev–Trinajstić information content (AvgIpc) is 2.67. The molecule has 3 aromatic rings. The number of pyridine rings is 1. The van der Waals surface area contributed by atoms with E-state index in [0.717, 1.165) is 43.4 Å². The molecule has 6 heteroatoms. The molecule has 1 atom stereocenters. The van der Waals surface area contributed by atoms with Gasteiger partial charge < -0.3 is 15.2 Å². The van der Waals surface area contributed by atoms with Crippen molar-refractivity contribution in [2.45, 2.75) is 25.4 Å². The van der Waals surface area contributed by atoms with Crippen molar-refractivity contribution >= 4 is 16.7 Å². The molecule has 0 saturated carbocycles. The van der Waals surface area contributed by atoms with E-state index in [4.69, 9.17) is 0 Å². The number of anilines is 1. The predicted molar refractivity (Wildman–Crippen MR) is 98.7 cm³/mol. The first-order chi connectivity index (χ1) is 12.3. The molecule has 2 N–H and O–H groups in total. The maximum absolute atomic E-state index is 11.9. The van der Waals surface area contributed by atoms with Crippen molar-refractivity contribution in [3.8, 4) is 0 Å². The number of rotatable bonds is 4. The summed E-state index contributed by atoms with van der Waals surface area (Å²) in [6.45, 7) is 2.48. The van der Waals surface area contributed by atoms with Gasteiger partial charge in [-0.1, -0.05) is 12.1 Å². The first kappa shape index (κ1) is 15.8. The summed E-state index contributed by atoms with van der Waals surface area (Å²) in [6, 6.07) is 10.8. The standard InChI is InChI=1S/C19H21N5O/c25-19-18(21-8-9-22-19)24-10-2-4-16(13-24)23-12-14-5-6-17-15(11-14)3-1-7-20-17/h1,3,5-9,11,16,23H,2,4,10,12-13H2,(H,22,25). The Morgan fingerprint density at radius 2 is 2.20 bits per heavy atom. The van der Waals surface area contributed by atoms with Crippen LogP contribution in [0.1, 0.15) is 18.4 Å². The fraction of sp³-hybridized carbons (Fsp3) is 0.316. The Bertz CT molecular complexity index is 923. The normalized spacial score (nSPS) is 17.8. The van der Waals surface area contributed by atoms with Gasteiger partial charge in [0.15, 0.2) is 5.82 Å². The van der Waals surface area contributed by atoms with Crippen LogP contribution in [0.3, 0.4) is 0 Å². The van der Waals surface area contributed by atoms with Crippen LogP contribution in [0.2, 0.25) is 0 Å². The summed E-state index contributed by atoms with van der Waals surface area (Å²) in [7, 11) is 0. The Labute approximate surface area is 145 Å². The van der Waals surface area contributed by atoms with Crippen molar-refractivity contribution < 1.29 is 0 Å². The van der Waals surface area contributed by atoms with Crippen molar-refractivity contribution in [1.82, 2.24) is 20.3 Å². The summed E-state index contributed by atoms with van der Waals surface area (Å²) in [4.78, 5) is 25.3. The zero-order valence-electron chi connectivity index (χ0n) is 14.0. The third-order valence-electron chi connectivity index (χ3n) is 4.67. The van der Waals surface area contributed by atoms with Crippen LogP contribution in [-0.2, 0) is 6.54 Å². The van der Waals surface area contributed by atoms with Gasteiger partial charge in [-0.2, -0.15) is 0 Å². The van der Waals surface area contributed by atoms with E-state index in [2.05, 4.69) is 49.4 Å². The van der Waals surface area contributed by atoms with Crippen molar-refractivity contribution in [1.29, 1.82) is 0 Å². The molecule has 25 heavy (non-hydrogen) atoms. The Kier molecular flexibility index (Phi) is 4.43. The van der Waals surface area contributed by atoms with Gasteiger partial charge in [0.25, 0.3) is 5.56 Å². The highest BCUT2D eigenvalue weighted by Gasteiger charge is 2.22. The van der Waals surface area contributed by atoms with Gasteiger partial charge in [0.2, 0.25) is 0 Å².